The van der Waals surface area contributed by atoms with Crippen LogP contribution in [0.5, 0.6) is 0 Å². The number of nitro benzene ring substituents is 1. The Hall–Kier alpha value is -2.70. The molecule has 0 saturated carbocycles. The zero-order valence-electron chi connectivity index (χ0n) is 18.8. The average Bonchev–Trinajstić information content (AvgIpc) is 3.21. The van der Waals surface area contributed by atoms with E-state index in [0.717, 1.165) is 10.4 Å². The Balaban J connectivity index is 1.75. The van der Waals surface area contributed by atoms with E-state index in [2.05, 4.69) is 5.16 Å². The molecule has 14 heteroatoms. The number of hydrogen-bond donors (Lipinski definition) is 0. The number of carbonyl (C=O) groups is 1. The number of carbonyl (C=O) groups excluding carboxylic acids is 1. The molecule has 1 aliphatic rings. The SMILES string of the molecule is CCOC(=O)c1c(-c2c(Cl)cc(Cl)cc2Cl)noc1C1(C)CN(S(=O)(=O)c2ccccc2[N+](=O)[O-])C1. The Morgan fingerprint density at radius 1 is 1.22 bits per heavy atom. The van der Waals surface area contributed by atoms with E-state index in [-0.39, 0.29) is 57.3 Å². The molecule has 1 aromatic heterocycles. The van der Waals surface area contributed by atoms with Crippen molar-refractivity contribution in [2.24, 2.45) is 0 Å². The summed E-state index contributed by atoms with van der Waals surface area (Å²) < 4.78 is 38.2. The van der Waals surface area contributed by atoms with Crippen LogP contribution in [0.3, 0.4) is 0 Å². The smallest absolute Gasteiger partial charge is 0.344 e. The highest BCUT2D eigenvalue weighted by Crippen LogP contribution is 2.45. The van der Waals surface area contributed by atoms with Crippen LogP contribution >= 0.6 is 34.8 Å². The van der Waals surface area contributed by atoms with Gasteiger partial charge in [-0.3, -0.25) is 10.1 Å². The Morgan fingerprint density at radius 2 is 1.83 bits per heavy atom. The summed E-state index contributed by atoms with van der Waals surface area (Å²) in [5.41, 5.74) is -1.36. The van der Waals surface area contributed by atoms with Gasteiger partial charge in [-0.2, -0.15) is 4.31 Å². The van der Waals surface area contributed by atoms with Gasteiger partial charge in [0.25, 0.3) is 5.69 Å². The Kier molecular flexibility index (Phi) is 7.06. The quantitative estimate of drug-likeness (QED) is 0.209. The molecule has 0 atom stereocenters. The van der Waals surface area contributed by atoms with E-state index in [4.69, 9.17) is 44.1 Å². The number of sulfonamides is 1. The minimum atomic E-state index is -4.21. The van der Waals surface area contributed by atoms with Crippen LogP contribution in [0.25, 0.3) is 11.3 Å². The molecule has 2 heterocycles. The maximum atomic E-state index is 13.2. The second-order valence-electron chi connectivity index (χ2n) is 8.26. The number of esters is 1. The number of nitro groups is 1. The van der Waals surface area contributed by atoms with Crippen molar-refractivity contribution in [3.05, 3.63) is 72.9 Å². The number of para-hydroxylation sites is 1. The van der Waals surface area contributed by atoms with Crippen LogP contribution in [-0.2, 0) is 20.2 Å². The van der Waals surface area contributed by atoms with Crippen LogP contribution < -0.4 is 0 Å². The third-order valence-corrected chi connectivity index (χ3v) is 8.35. The topological polar surface area (TPSA) is 133 Å². The molecule has 0 unspecified atom stereocenters. The highest BCUT2D eigenvalue weighted by Gasteiger charge is 2.52. The van der Waals surface area contributed by atoms with Gasteiger partial charge in [0.2, 0.25) is 10.0 Å². The lowest BCUT2D eigenvalue weighted by Crippen LogP contribution is -2.59. The first kappa shape index (κ1) is 26.4. The molecular weight excluding hydrogens is 557 g/mol. The van der Waals surface area contributed by atoms with Crippen molar-refractivity contribution < 1.29 is 27.4 Å². The molecule has 1 aliphatic heterocycles. The largest absolute Gasteiger partial charge is 0.462 e. The molecule has 0 N–H and O–H groups in total. The van der Waals surface area contributed by atoms with Crippen LogP contribution in [0, 0.1) is 10.1 Å². The molecule has 1 fully saturated rings. The third-order valence-electron chi connectivity index (χ3n) is 5.69. The fourth-order valence-corrected chi connectivity index (χ4v) is 6.89. The molecule has 0 spiro atoms. The Morgan fingerprint density at radius 3 is 2.42 bits per heavy atom. The normalized spacial score (nSPS) is 15.4. The standard InChI is InChI=1S/C22H18Cl3N3O7S/c1-3-34-21(29)18-19(17-13(24)8-12(23)9-14(17)25)26-35-20(18)22(2)10-27(11-22)36(32,33)16-7-5-4-6-15(16)28(30)31/h4-9H,3,10-11H2,1-2H3. The predicted octanol–water partition coefficient (Wildman–Crippen LogP) is 5.35. The van der Waals surface area contributed by atoms with Crippen LogP contribution in [0.15, 0.2) is 45.8 Å². The molecule has 0 amide bonds. The fourth-order valence-electron chi connectivity index (χ4n) is 4.04. The first-order valence-corrected chi connectivity index (χ1v) is 13.0. The minimum absolute atomic E-state index is 0.0244. The summed E-state index contributed by atoms with van der Waals surface area (Å²) in [5, 5.41) is 15.9. The molecule has 4 rings (SSSR count). The molecule has 0 radical (unpaired) electrons. The van der Waals surface area contributed by atoms with Gasteiger partial charge in [0.05, 0.1) is 27.0 Å². The van der Waals surface area contributed by atoms with Gasteiger partial charge < -0.3 is 9.26 Å². The highest BCUT2D eigenvalue weighted by molar-refractivity contribution is 7.89. The van der Waals surface area contributed by atoms with E-state index in [1.807, 2.05) is 0 Å². The first-order chi connectivity index (χ1) is 16.9. The second kappa shape index (κ2) is 9.64. The molecular formula is C22H18Cl3N3O7S. The molecule has 0 aliphatic carbocycles. The molecule has 3 aromatic rings. The lowest BCUT2D eigenvalue weighted by atomic mass is 9.79. The average molecular weight is 575 g/mol. The van der Waals surface area contributed by atoms with Crippen molar-refractivity contribution in [3.63, 3.8) is 0 Å². The van der Waals surface area contributed by atoms with Crippen LogP contribution in [-0.4, -0.2) is 48.5 Å². The Bertz CT molecular complexity index is 1460. The van der Waals surface area contributed by atoms with Gasteiger partial charge in [0, 0.05) is 29.7 Å². The summed E-state index contributed by atoms with van der Waals surface area (Å²) in [6.07, 6.45) is 0. The lowest BCUT2D eigenvalue weighted by Gasteiger charge is -2.45. The van der Waals surface area contributed by atoms with Gasteiger partial charge in [-0.25, -0.2) is 13.2 Å². The van der Waals surface area contributed by atoms with Crippen LogP contribution in [0.2, 0.25) is 15.1 Å². The molecule has 10 nitrogen and oxygen atoms in total. The first-order valence-electron chi connectivity index (χ1n) is 10.5. The summed E-state index contributed by atoms with van der Waals surface area (Å²) in [6.45, 7) is 3.09. The van der Waals surface area contributed by atoms with E-state index < -0.39 is 36.9 Å². The third kappa shape index (κ3) is 4.46. The molecule has 0 bridgehead atoms. The zero-order valence-corrected chi connectivity index (χ0v) is 21.9. The monoisotopic (exact) mass is 573 g/mol. The summed E-state index contributed by atoms with van der Waals surface area (Å²) in [5.74, 6) is -0.681. The van der Waals surface area contributed by atoms with Gasteiger partial charge in [0.15, 0.2) is 10.7 Å². The van der Waals surface area contributed by atoms with E-state index >= 15 is 0 Å². The van der Waals surface area contributed by atoms with Crippen molar-refractivity contribution >= 4 is 56.5 Å². The van der Waals surface area contributed by atoms with Crippen molar-refractivity contribution in [2.45, 2.75) is 24.2 Å². The van der Waals surface area contributed by atoms with E-state index in [0.29, 0.717) is 0 Å². The van der Waals surface area contributed by atoms with Crippen molar-refractivity contribution in [3.8, 4) is 11.3 Å². The van der Waals surface area contributed by atoms with Crippen LogP contribution in [0.4, 0.5) is 5.69 Å². The molecule has 190 valence electrons. The zero-order chi connectivity index (χ0) is 26.4. The number of nitrogens with zero attached hydrogens (tertiary/aromatic N) is 3. The number of aromatic nitrogens is 1. The van der Waals surface area contributed by atoms with Gasteiger partial charge >= 0.3 is 5.97 Å². The summed E-state index contributed by atoms with van der Waals surface area (Å²) in [6, 6.07) is 7.93. The summed E-state index contributed by atoms with van der Waals surface area (Å²) in [4.78, 5) is 23.1. The maximum absolute atomic E-state index is 13.2. The van der Waals surface area contributed by atoms with Crippen molar-refractivity contribution in [1.29, 1.82) is 0 Å². The van der Waals surface area contributed by atoms with Gasteiger partial charge in [-0.15, -0.1) is 0 Å². The molecule has 36 heavy (non-hydrogen) atoms. The number of rotatable bonds is 7. The number of benzene rings is 2. The van der Waals surface area contributed by atoms with E-state index in [9.17, 15) is 23.3 Å². The summed E-state index contributed by atoms with van der Waals surface area (Å²) >= 11 is 18.7. The second-order valence-corrected chi connectivity index (χ2v) is 11.4. The summed E-state index contributed by atoms with van der Waals surface area (Å²) in [7, 11) is -4.21. The molecule has 1 saturated heterocycles. The molecule has 2 aromatic carbocycles. The van der Waals surface area contributed by atoms with Crippen molar-refractivity contribution in [1.82, 2.24) is 9.46 Å². The van der Waals surface area contributed by atoms with Gasteiger partial charge in [0.1, 0.15) is 11.3 Å². The predicted molar refractivity (Wildman–Crippen MR) is 132 cm³/mol. The van der Waals surface area contributed by atoms with E-state index in [1.54, 1.807) is 13.8 Å². The number of halogens is 3. The lowest BCUT2D eigenvalue weighted by molar-refractivity contribution is -0.387. The van der Waals surface area contributed by atoms with Gasteiger partial charge in [-0.05, 0) is 32.0 Å². The number of ether oxygens (including phenoxy) is 1. The number of hydrogen-bond acceptors (Lipinski definition) is 8. The van der Waals surface area contributed by atoms with E-state index in [1.165, 1.54) is 30.3 Å². The highest BCUT2D eigenvalue weighted by atomic mass is 35.5. The fraction of sp³-hybridized carbons (Fsp3) is 0.273. The van der Waals surface area contributed by atoms with Gasteiger partial charge in [-0.1, -0.05) is 52.1 Å². The van der Waals surface area contributed by atoms with Crippen molar-refractivity contribution in [2.75, 3.05) is 19.7 Å². The maximum Gasteiger partial charge on any atom is 0.344 e. The van der Waals surface area contributed by atoms with Crippen LogP contribution in [0.1, 0.15) is 30.0 Å². The Labute approximate surface area is 220 Å². The minimum Gasteiger partial charge on any atom is -0.462 e.